The smallest absolute Gasteiger partial charge is 0.426 e. The maximum Gasteiger partial charge on any atom is 0.426 e. The molecule has 0 aliphatic rings. The fourth-order valence-electron chi connectivity index (χ4n) is 4.09. The van der Waals surface area contributed by atoms with Crippen LogP contribution in [-0.2, 0) is 27.9 Å². The Morgan fingerprint density at radius 3 is 2.28 bits per heavy atom. The van der Waals surface area contributed by atoms with E-state index in [2.05, 4.69) is 33.7 Å². The number of halogens is 6. The highest BCUT2D eigenvalue weighted by atomic mass is 19.4. The number of carbonyl (C=O) groups excluding carboxylic acids is 1. The molecule has 1 unspecified atom stereocenters. The number of amides is 1. The molecule has 0 radical (unpaired) electrons. The first kappa shape index (κ1) is 36.1. The van der Waals surface area contributed by atoms with Crippen molar-refractivity contribution in [2.75, 3.05) is 5.32 Å². The highest BCUT2D eigenvalue weighted by molar-refractivity contribution is 5.89. The first-order valence-corrected chi connectivity index (χ1v) is 14.0. The Balaban J connectivity index is 2.22. The van der Waals surface area contributed by atoms with Crippen molar-refractivity contribution < 1.29 is 49.8 Å². The number of pyridine rings is 1. The Kier molecular flexibility index (Phi) is 11.3. The van der Waals surface area contributed by atoms with Crippen LogP contribution in [0.5, 0.6) is 5.88 Å². The molecule has 0 aliphatic heterocycles. The molecule has 0 aliphatic carbocycles. The van der Waals surface area contributed by atoms with Crippen molar-refractivity contribution in [3.8, 4) is 17.5 Å². The second-order valence-corrected chi connectivity index (χ2v) is 11.2. The first-order valence-electron chi connectivity index (χ1n) is 14.0. The van der Waals surface area contributed by atoms with Crippen LogP contribution < -0.4 is 10.1 Å². The number of hydrogen-bond acceptors (Lipinski definition) is 8. The van der Waals surface area contributed by atoms with E-state index in [4.69, 9.17) is 18.6 Å². The van der Waals surface area contributed by atoms with Crippen molar-refractivity contribution in [2.24, 2.45) is 0 Å². The number of alkyl halides is 6. The van der Waals surface area contributed by atoms with Gasteiger partial charge in [-0.2, -0.15) is 26.3 Å². The second-order valence-electron chi connectivity index (χ2n) is 11.2. The third kappa shape index (κ3) is 9.08. The molecule has 2 heterocycles. The number of nitrogens with zero attached hydrogens (tertiary/aromatic N) is 3. The minimum absolute atomic E-state index is 0.132. The number of carbonyl (C=O) groups is 1. The number of nitrogens with one attached hydrogen (secondary N) is 1. The largest absolute Gasteiger partial charge is 0.474 e. The number of anilines is 1. The summed E-state index contributed by atoms with van der Waals surface area (Å²) in [4.78, 5) is 16.5. The van der Waals surface area contributed by atoms with E-state index in [1.807, 2.05) is 0 Å². The van der Waals surface area contributed by atoms with E-state index in [1.54, 1.807) is 30.3 Å². The molecule has 3 rings (SSSR count). The lowest BCUT2D eigenvalue weighted by atomic mass is 9.96. The van der Waals surface area contributed by atoms with Crippen molar-refractivity contribution in [2.45, 2.75) is 83.2 Å². The van der Waals surface area contributed by atoms with Gasteiger partial charge in [0.1, 0.15) is 17.3 Å². The second kappa shape index (κ2) is 14.4. The summed E-state index contributed by atoms with van der Waals surface area (Å²) < 4.78 is 109. The van der Waals surface area contributed by atoms with E-state index in [0.29, 0.717) is 11.6 Å². The summed E-state index contributed by atoms with van der Waals surface area (Å²) in [5.74, 6) is -2.74. The predicted octanol–water partition coefficient (Wildman–Crippen LogP) is 8.78. The number of allylic oxidation sites excluding steroid dienone is 1. The average Bonchev–Trinajstić information content (AvgIpc) is 3.42. The number of rotatable bonds is 13. The van der Waals surface area contributed by atoms with Gasteiger partial charge in [0.05, 0.1) is 12.3 Å². The molecule has 1 N–H and O–H groups in total. The summed E-state index contributed by atoms with van der Waals surface area (Å²) in [7, 11) is 0. The lowest BCUT2D eigenvalue weighted by Crippen LogP contribution is -2.45. The molecular formula is C31H34F6N4O5. The third-order valence-electron chi connectivity index (χ3n) is 6.20. The van der Waals surface area contributed by atoms with Crippen molar-refractivity contribution in [3.05, 3.63) is 78.7 Å². The normalized spacial score (nSPS) is 14.2. The van der Waals surface area contributed by atoms with Crippen LogP contribution in [0, 0.1) is 0 Å². The Hall–Kier alpha value is -4.40. The van der Waals surface area contributed by atoms with E-state index < -0.39 is 83.4 Å². The van der Waals surface area contributed by atoms with Gasteiger partial charge in [0, 0.05) is 6.42 Å². The monoisotopic (exact) mass is 656 g/mol. The molecule has 2 atom stereocenters. The van der Waals surface area contributed by atoms with Crippen LogP contribution in [0.15, 0.2) is 66.1 Å². The quantitative estimate of drug-likeness (QED) is 0.144. The van der Waals surface area contributed by atoms with Crippen LogP contribution in [0.1, 0.15) is 64.0 Å². The SMILES string of the molecule is C=CCCC(OCc1ccccc1)(c1nnc(-c2nc(O[C@H](C)CC=C)c(C(F)(F)F)cc2NC(=O)OC(C)(C)C)o1)C(F)(F)F. The van der Waals surface area contributed by atoms with Gasteiger partial charge < -0.3 is 18.6 Å². The van der Waals surface area contributed by atoms with Gasteiger partial charge in [-0.25, -0.2) is 9.78 Å². The van der Waals surface area contributed by atoms with Crippen LogP contribution in [0.3, 0.4) is 0 Å². The molecule has 9 nitrogen and oxygen atoms in total. The molecule has 15 heteroatoms. The van der Waals surface area contributed by atoms with Crippen LogP contribution in [0.4, 0.5) is 36.8 Å². The highest BCUT2D eigenvalue weighted by Crippen LogP contribution is 2.47. The van der Waals surface area contributed by atoms with E-state index in [-0.39, 0.29) is 12.8 Å². The Morgan fingerprint density at radius 2 is 1.72 bits per heavy atom. The average molecular weight is 657 g/mol. The molecular weight excluding hydrogens is 622 g/mol. The fraction of sp³-hybridized carbons (Fsp3) is 0.419. The van der Waals surface area contributed by atoms with Crippen molar-refractivity contribution >= 4 is 11.8 Å². The molecule has 2 aromatic heterocycles. The molecule has 0 bridgehead atoms. The highest BCUT2D eigenvalue weighted by Gasteiger charge is 2.61. The predicted molar refractivity (Wildman–Crippen MR) is 156 cm³/mol. The molecule has 1 amide bonds. The molecule has 0 spiro atoms. The summed E-state index contributed by atoms with van der Waals surface area (Å²) in [6.07, 6.45) is -10.3. The van der Waals surface area contributed by atoms with E-state index >= 15 is 0 Å². The van der Waals surface area contributed by atoms with Crippen molar-refractivity contribution in [1.29, 1.82) is 0 Å². The third-order valence-corrected chi connectivity index (χ3v) is 6.20. The lowest BCUT2D eigenvalue weighted by Gasteiger charge is -2.32. The molecule has 1 aromatic carbocycles. The standard InChI is InChI=1S/C31H34F6N4O5/c1-7-9-16-29(31(35,36)37,43-18-20-14-11-10-12-15-20)26-41-40-25(45-26)23-22(38-27(42)46-28(4,5)6)17-21(30(32,33)34)24(39-23)44-19(3)13-8-2/h7-8,10-12,14-15,17,19H,1-2,9,13,16,18H2,3-6H3,(H,38,42)/t19-,29?/m1/s1. The van der Waals surface area contributed by atoms with Gasteiger partial charge in [-0.3, -0.25) is 5.32 Å². The molecule has 250 valence electrons. The zero-order chi connectivity index (χ0) is 34.3. The number of aromatic nitrogens is 3. The molecule has 46 heavy (non-hydrogen) atoms. The zero-order valence-electron chi connectivity index (χ0n) is 25.6. The fourth-order valence-corrected chi connectivity index (χ4v) is 4.09. The Morgan fingerprint density at radius 1 is 1.04 bits per heavy atom. The number of benzene rings is 1. The van der Waals surface area contributed by atoms with Gasteiger partial charge >= 0.3 is 18.4 Å². The van der Waals surface area contributed by atoms with E-state index in [9.17, 15) is 31.1 Å². The van der Waals surface area contributed by atoms with Gasteiger partial charge in [-0.15, -0.1) is 23.4 Å². The van der Waals surface area contributed by atoms with Crippen LogP contribution in [0.25, 0.3) is 11.6 Å². The van der Waals surface area contributed by atoms with Gasteiger partial charge in [0.15, 0.2) is 5.69 Å². The molecule has 0 fully saturated rings. The van der Waals surface area contributed by atoms with Crippen molar-refractivity contribution in [1.82, 2.24) is 15.2 Å². The van der Waals surface area contributed by atoms with Gasteiger partial charge in [0.2, 0.25) is 11.5 Å². The topological polar surface area (TPSA) is 109 Å². The van der Waals surface area contributed by atoms with E-state index in [1.165, 1.54) is 39.8 Å². The molecule has 3 aromatic rings. The van der Waals surface area contributed by atoms with Gasteiger partial charge in [0.25, 0.3) is 11.8 Å². The van der Waals surface area contributed by atoms with E-state index in [0.717, 1.165) is 0 Å². The minimum Gasteiger partial charge on any atom is -0.474 e. The van der Waals surface area contributed by atoms with Gasteiger partial charge in [-0.05, 0) is 52.2 Å². The number of hydrogen-bond donors (Lipinski definition) is 1. The summed E-state index contributed by atoms with van der Waals surface area (Å²) in [6.45, 7) is 12.5. The zero-order valence-corrected chi connectivity index (χ0v) is 25.6. The maximum atomic E-state index is 14.8. The summed E-state index contributed by atoms with van der Waals surface area (Å²) in [6, 6.07) is 8.53. The summed E-state index contributed by atoms with van der Waals surface area (Å²) in [5, 5.41) is 9.45. The van der Waals surface area contributed by atoms with Crippen LogP contribution in [-0.4, -0.2) is 39.2 Å². The molecule has 0 saturated heterocycles. The minimum atomic E-state index is -5.10. The summed E-state index contributed by atoms with van der Waals surface area (Å²) in [5.41, 5.74) is -6.43. The van der Waals surface area contributed by atoms with Gasteiger partial charge in [-0.1, -0.05) is 42.5 Å². The lowest BCUT2D eigenvalue weighted by molar-refractivity contribution is -0.299. The summed E-state index contributed by atoms with van der Waals surface area (Å²) >= 11 is 0. The first-order chi connectivity index (χ1) is 21.4. The Bertz CT molecular complexity index is 1500. The Labute approximate surface area is 261 Å². The van der Waals surface area contributed by atoms with Crippen molar-refractivity contribution in [3.63, 3.8) is 0 Å². The van der Waals surface area contributed by atoms with Crippen LogP contribution in [0.2, 0.25) is 0 Å². The van der Waals surface area contributed by atoms with Crippen LogP contribution >= 0.6 is 0 Å². The molecule has 0 saturated carbocycles. The maximum absolute atomic E-state index is 14.8. The number of ether oxygens (including phenoxy) is 3.